The van der Waals surface area contributed by atoms with Crippen LogP contribution in [0.1, 0.15) is 25.8 Å². The number of aromatic nitrogens is 1. The number of benzene rings is 1. The monoisotopic (exact) mass is 418 g/mol. The molecule has 0 radical (unpaired) electrons. The third-order valence-electron chi connectivity index (χ3n) is 5.17. The average Bonchev–Trinajstić information content (AvgIpc) is 2.67. The van der Waals surface area contributed by atoms with Crippen LogP contribution < -0.4 is 4.90 Å². The minimum atomic E-state index is -3.78. The van der Waals surface area contributed by atoms with E-state index >= 15 is 0 Å². The maximum Gasteiger partial charge on any atom is 0.293 e. The molecule has 0 aliphatic carbocycles. The highest BCUT2D eigenvalue weighted by molar-refractivity contribution is 7.89. The van der Waals surface area contributed by atoms with Crippen molar-refractivity contribution in [2.24, 2.45) is 11.8 Å². The first-order valence-electron chi connectivity index (χ1n) is 9.57. The standard InChI is InChI=1S/C20H26N4O4S/c1-15-9-16(2)13-23(12-15)29(27,28)18-6-7-19(20(10-18)24(25)26)22(3)14-17-5-4-8-21-11-17/h4-8,10-11,15-16H,9,12-14H2,1-3H3/t15-,16+. The van der Waals surface area contributed by atoms with Gasteiger partial charge in [0.05, 0.1) is 9.82 Å². The van der Waals surface area contributed by atoms with Crippen LogP contribution in [0.15, 0.2) is 47.6 Å². The van der Waals surface area contributed by atoms with Crippen LogP contribution >= 0.6 is 0 Å². The summed E-state index contributed by atoms with van der Waals surface area (Å²) in [5, 5.41) is 11.7. The van der Waals surface area contributed by atoms with E-state index in [9.17, 15) is 18.5 Å². The van der Waals surface area contributed by atoms with Crippen LogP contribution in [-0.4, -0.2) is 42.8 Å². The van der Waals surface area contributed by atoms with Crippen LogP contribution in [0, 0.1) is 22.0 Å². The molecule has 9 heteroatoms. The molecule has 2 heterocycles. The zero-order valence-corrected chi connectivity index (χ0v) is 17.7. The van der Waals surface area contributed by atoms with Crippen LogP contribution in [0.5, 0.6) is 0 Å². The molecule has 0 N–H and O–H groups in total. The minimum Gasteiger partial charge on any atom is -0.365 e. The second-order valence-corrected chi connectivity index (χ2v) is 9.83. The molecule has 1 aromatic carbocycles. The molecule has 0 spiro atoms. The average molecular weight is 419 g/mol. The van der Waals surface area contributed by atoms with Gasteiger partial charge >= 0.3 is 0 Å². The molecule has 1 aromatic heterocycles. The maximum absolute atomic E-state index is 13.1. The SMILES string of the molecule is C[C@@H]1C[C@H](C)CN(S(=O)(=O)c2ccc(N(C)Cc3cccnc3)c([N+](=O)[O-])c2)C1. The summed E-state index contributed by atoms with van der Waals surface area (Å²) >= 11 is 0. The van der Waals surface area contributed by atoms with Crippen LogP contribution in [0.3, 0.4) is 0 Å². The zero-order chi connectivity index (χ0) is 21.2. The summed E-state index contributed by atoms with van der Waals surface area (Å²) in [5.74, 6) is 0.516. The van der Waals surface area contributed by atoms with Gasteiger partial charge in [-0.05, 0) is 42.0 Å². The highest BCUT2D eigenvalue weighted by Crippen LogP contribution is 2.33. The molecule has 1 aliphatic rings. The summed E-state index contributed by atoms with van der Waals surface area (Å²) in [6.07, 6.45) is 4.33. The number of piperidine rings is 1. The Bertz CT molecular complexity index is 971. The lowest BCUT2D eigenvalue weighted by Gasteiger charge is -2.34. The molecule has 2 aromatic rings. The second kappa shape index (κ2) is 8.46. The molecule has 1 saturated heterocycles. The lowest BCUT2D eigenvalue weighted by Crippen LogP contribution is -2.42. The van der Waals surface area contributed by atoms with Crippen LogP contribution in [0.4, 0.5) is 11.4 Å². The van der Waals surface area contributed by atoms with Crippen LogP contribution in [0.25, 0.3) is 0 Å². The Morgan fingerprint density at radius 1 is 1.24 bits per heavy atom. The van der Waals surface area contributed by atoms with Crippen molar-refractivity contribution in [1.29, 1.82) is 0 Å². The van der Waals surface area contributed by atoms with Crippen LogP contribution in [0.2, 0.25) is 0 Å². The van der Waals surface area contributed by atoms with Crippen molar-refractivity contribution >= 4 is 21.4 Å². The van der Waals surface area contributed by atoms with E-state index in [0.717, 1.165) is 12.0 Å². The fourth-order valence-corrected chi connectivity index (χ4v) is 5.63. The van der Waals surface area contributed by atoms with Gasteiger partial charge in [0.15, 0.2) is 0 Å². The third-order valence-corrected chi connectivity index (χ3v) is 7.00. The van der Waals surface area contributed by atoms with E-state index in [1.54, 1.807) is 30.4 Å². The first kappa shape index (κ1) is 21.2. The van der Waals surface area contributed by atoms with Crippen molar-refractivity contribution in [2.45, 2.75) is 31.7 Å². The van der Waals surface area contributed by atoms with Gasteiger partial charge < -0.3 is 4.90 Å². The molecule has 8 nitrogen and oxygen atoms in total. The largest absolute Gasteiger partial charge is 0.365 e. The van der Waals surface area contributed by atoms with E-state index in [1.165, 1.54) is 22.5 Å². The van der Waals surface area contributed by atoms with Gasteiger partial charge in [-0.2, -0.15) is 4.31 Å². The first-order valence-corrected chi connectivity index (χ1v) is 11.0. The van der Waals surface area contributed by atoms with Gasteiger partial charge in [-0.1, -0.05) is 19.9 Å². The van der Waals surface area contributed by atoms with Crippen molar-refractivity contribution in [1.82, 2.24) is 9.29 Å². The zero-order valence-electron chi connectivity index (χ0n) is 16.9. The fourth-order valence-electron chi connectivity index (χ4n) is 3.93. The molecule has 156 valence electrons. The van der Waals surface area contributed by atoms with Gasteiger partial charge in [-0.15, -0.1) is 0 Å². The predicted octanol–water partition coefficient (Wildman–Crippen LogP) is 3.29. The Kier molecular flexibility index (Phi) is 6.18. The van der Waals surface area contributed by atoms with Crippen molar-refractivity contribution in [3.05, 3.63) is 58.4 Å². The number of sulfonamides is 1. The summed E-state index contributed by atoms with van der Waals surface area (Å²) in [4.78, 5) is 16.9. The van der Waals surface area contributed by atoms with E-state index in [2.05, 4.69) is 4.98 Å². The van der Waals surface area contributed by atoms with Gasteiger partial charge in [0.25, 0.3) is 5.69 Å². The summed E-state index contributed by atoms with van der Waals surface area (Å²) in [6, 6.07) is 7.83. The van der Waals surface area contributed by atoms with Gasteiger partial charge in [0.1, 0.15) is 5.69 Å². The lowest BCUT2D eigenvalue weighted by atomic mass is 9.94. The molecular formula is C20H26N4O4S. The number of anilines is 1. The van der Waals surface area contributed by atoms with Crippen molar-refractivity contribution < 1.29 is 13.3 Å². The molecule has 0 bridgehead atoms. The highest BCUT2D eigenvalue weighted by atomic mass is 32.2. The van der Waals surface area contributed by atoms with Gasteiger partial charge in [-0.25, -0.2) is 8.42 Å². The van der Waals surface area contributed by atoms with E-state index in [0.29, 0.717) is 25.3 Å². The Labute approximate surface area is 171 Å². The molecule has 1 fully saturated rings. The quantitative estimate of drug-likeness (QED) is 0.527. The summed E-state index contributed by atoms with van der Waals surface area (Å²) < 4.78 is 27.7. The smallest absolute Gasteiger partial charge is 0.293 e. The van der Waals surface area contributed by atoms with E-state index in [4.69, 9.17) is 0 Å². The molecule has 2 atom stereocenters. The number of rotatable bonds is 6. The van der Waals surface area contributed by atoms with Crippen molar-refractivity contribution in [3.63, 3.8) is 0 Å². The van der Waals surface area contributed by atoms with E-state index < -0.39 is 14.9 Å². The molecule has 0 unspecified atom stereocenters. The highest BCUT2D eigenvalue weighted by Gasteiger charge is 2.33. The van der Waals surface area contributed by atoms with Gasteiger partial charge in [0, 0.05) is 45.1 Å². The van der Waals surface area contributed by atoms with E-state index in [-0.39, 0.29) is 22.4 Å². The molecule has 29 heavy (non-hydrogen) atoms. The number of nitro benzene ring substituents is 1. The Hall–Kier alpha value is -2.52. The third kappa shape index (κ3) is 4.73. The number of hydrogen-bond acceptors (Lipinski definition) is 6. The first-order chi connectivity index (χ1) is 13.7. The van der Waals surface area contributed by atoms with Crippen LogP contribution in [-0.2, 0) is 16.6 Å². The number of nitro groups is 1. The Morgan fingerprint density at radius 2 is 1.93 bits per heavy atom. The lowest BCUT2D eigenvalue weighted by molar-refractivity contribution is -0.384. The van der Waals surface area contributed by atoms with Gasteiger partial charge in [0.2, 0.25) is 10.0 Å². The van der Waals surface area contributed by atoms with E-state index in [1.807, 2.05) is 19.9 Å². The number of hydrogen-bond donors (Lipinski definition) is 0. The number of nitrogens with zero attached hydrogens (tertiary/aromatic N) is 4. The molecule has 0 amide bonds. The molecular weight excluding hydrogens is 392 g/mol. The summed E-state index contributed by atoms with van der Waals surface area (Å²) in [5.41, 5.74) is 1.03. The van der Waals surface area contributed by atoms with Crippen molar-refractivity contribution in [3.8, 4) is 0 Å². The fraction of sp³-hybridized carbons (Fsp3) is 0.450. The maximum atomic E-state index is 13.1. The molecule has 0 saturated carbocycles. The Balaban J connectivity index is 1.92. The molecule has 3 rings (SSSR count). The van der Waals surface area contributed by atoms with Crippen molar-refractivity contribution in [2.75, 3.05) is 25.0 Å². The minimum absolute atomic E-state index is 0.0379. The summed E-state index contributed by atoms with van der Waals surface area (Å²) in [7, 11) is -2.05. The second-order valence-electron chi connectivity index (χ2n) is 7.89. The van der Waals surface area contributed by atoms with Gasteiger partial charge in [-0.3, -0.25) is 15.1 Å². The predicted molar refractivity (Wildman–Crippen MR) is 111 cm³/mol. The normalized spacial score (nSPS) is 20.4. The topological polar surface area (TPSA) is 96.7 Å². The summed E-state index contributed by atoms with van der Waals surface area (Å²) in [6.45, 7) is 5.34. The Morgan fingerprint density at radius 3 is 2.52 bits per heavy atom. The number of pyridine rings is 1. The molecule has 1 aliphatic heterocycles.